The molecule has 6 heteroatoms. The topological polar surface area (TPSA) is 56.0 Å². The van der Waals surface area contributed by atoms with Gasteiger partial charge in [0.2, 0.25) is 0 Å². The summed E-state index contributed by atoms with van der Waals surface area (Å²) in [5.74, 6) is 0. The largest absolute Gasteiger partial charge is 0.361 e. The summed E-state index contributed by atoms with van der Waals surface area (Å²) < 4.78 is 1.18. The Bertz CT molecular complexity index is 1400. The second-order valence-electron chi connectivity index (χ2n) is 9.54. The van der Waals surface area contributed by atoms with Gasteiger partial charge in [-0.3, -0.25) is 4.98 Å². The van der Waals surface area contributed by atoms with Gasteiger partial charge in [0.05, 0.1) is 15.9 Å². The van der Waals surface area contributed by atoms with Crippen molar-refractivity contribution in [3.05, 3.63) is 78.6 Å². The highest BCUT2D eigenvalue weighted by molar-refractivity contribution is 7.22. The fourth-order valence-corrected chi connectivity index (χ4v) is 5.76. The summed E-state index contributed by atoms with van der Waals surface area (Å²) in [6.07, 6.45) is 9.02. The van der Waals surface area contributed by atoms with Crippen molar-refractivity contribution in [2.45, 2.75) is 32.2 Å². The zero-order valence-electron chi connectivity index (χ0n) is 21.2. The van der Waals surface area contributed by atoms with Crippen molar-refractivity contribution in [1.82, 2.24) is 20.2 Å². The predicted molar refractivity (Wildman–Crippen MR) is 155 cm³/mol. The van der Waals surface area contributed by atoms with E-state index in [1.54, 1.807) is 11.3 Å². The molecule has 0 saturated heterocycles. The molecule has 0 aliphatic heterocycles. The van der Waals surface area contributed by atoms with E-state index in [0.717, 1.165) is 42.0 Å². The van der Waals surface area contributed by atoms with Gasteiger partial charge in [0.1, 0.15) is 0 Å². The number of unbranched alkanes of at least 4 members (excludes halogenated alkanes) is 3. The number of hydrogen-bond acceptors (Lipinski definition) is 5. The SMILES string of the molecule is CNCCCCCCN(C)Cc1ccc(-c2cc3nccc(Nc4ccc5[nH]ccc5c4)c3s2)cc1. The molecule has 36 heavy (non-hydrogen) atoms. The first-order chi connectivity index (χ1) is 17.7. The lowest BCUT2D eigenvalue weighted by molar-refractivity contribution is 0.316. The number of fused-ring (bicyclic) bond motifs is 2. The van der Waals surface area contributed by atoms with Crippen molar-refractivity contribution >= 4 is 43.8 Å². The maximum absolute atomic E-state index is 4.64. The van der Waals surface area contributed by atoms with E-state index in [0.29, 0.717) is 0 Å². The fourth-order valence-electron chi connectivity index (χ4n) is 4.67. The molecule has 5 aromatic rings. The van der Waals surface area contributed by atoms with Crippen LogP contribution in [0, 0.1) is 0 Å². The van der Waals surface area contributed by atoms with Crippen LogP contribution in [0.5, 0.6) is 0 Å². The van der Waals surface area contributed by atoms with E-state index >= 15 is 0 Å². The Morgan fingerprint density at radius 1 is 0.944 bits per heavy atom. The summed E-state index contributed by atoms with van der Waals surface area (Å²) in [7, 11) is 4.25. The van der Waals surface area contributed by atoms with Crippen LogP contribution >= 0.6 is 11.3 Å². The molecule has 0 radical (unpaired) electrons. The first-order valence-electron chi connectivity index (χ1n) is 12.8. The Kier molecular flexibility index (Phi) is 7.96. The van der Waals surface area contributed by atoms with Crippen molar-refractivity contribution in [3.63, 3.8) is 0 Å². The first-order valence-corrected chi connectivity index (χ1v) is 13.7. The molecule has 5 rings (SSSR count). The van der Waals surface area contributed by atoms with Crippen LogP contribution in [0.4, 0.5) is 11.4 Å². The van der Waals surface area contributed by atoms with Crippen molar-refractivity contribution in [2.75, 3.05) is 32.5 Å². The number of thiophene rings is 1. The lowest BCUT2D eigenvalue weighted by atomic mass is 10.1. The fraction of sp³-hybridized carbons (Fsp3) is 0.300. The van der Waals surface area contributed by atoms with E-state index in [-0.39, 0.29) is 0 Å². The van der Waals surface area contributed by atoms with Gasteiger partial charge in [-0.25, -0.2) is 0 Å². The molecule has 3 heterocycles. The minimum Gasteiger partial charge on any atom is -0.361 e. The van der Waals surface area contributed by atoms with Crippen LogP contribution in [0.2, 0.25) is 0 Å². The lowest BCUT2D eigenvalue weighted by Crippen LogP contribution is -2.19. The number of nitrogens with one attached hydrogen (secondary N) is 3. The molecule has 0 amide bonds. The van der Waals surface area contributed by atoms with Gasteiger partial charge in [-0.15, -0.1) is 11.3 Å². The molecular formula is C30H35N5S. The van der Waals surface area contributed by atoms with E-state index < -0.39 is 0 Å². The Balaban J connectivity index is 1.23. The molecule has 186 valence electrons. The monoisotopic (exact) mass is 497 g/mol. The van der Waals surface area contributed by atoms with Gasteiger partial charge in [0, 0.05) is 40.4 Å². The van der Waals surface area contributed by atoms with Crippen molar-refractivity contribution in [2.24, 2.45) is 0 Å². The molecule has 0 aliphatic carbocycles. The highest BCUT2D eigenvalue weighted by atomic mass is 32.1. The van der Waals surface area contributed by atoms with Gasteiger partial charge in [-0.2, -0.15) is 0 Å². The average molecular weight is 498 g/mol. The number of benzene rings is 2. The van der Waals surface area contributed by atoms with Crippen LogP contribution < -0.4 is 10.6 Å². The van der Waals surface area contributed by atoms with Gasteiger partial charge < -0.3 is 20.5 Å². The van der Waals surface area contributed by atoms with Crippen LogP contribution in [0.1, 0.15) is 31.2 Å². The second-order valence-corrected chi connectivity index (χ2v) is 10.6. The summed E-state index contributed by atoms with van der Waals surface area (Å²) >= 11 is 1.79. The number of anilines is 2. The highest BCUT2D eigenvalue weighted by Crippen LogP contribution is 2.37. The third-order valence-corrected chi connectivity index (χ3v) is 7.86. The lowest BCUT2D eigenvalue weighted by Gasteiger charge is -2.16. The standard InChI is InChI=1S/C30H35N5S/c1-31-15-5-3-4-6-18-35(2)21-22-7-9-23(10-8-22)29-20-28-30(36-29)27(14-17-33-28)34-25-11-12-26-24(19-25)13-16-32-26/h7-14,16-17,19-20,31-32H,3-6,15,18,21H2,1-2H3,(H,33,34). The number of aromatic amines is 1. The van der Waals surface area contributed by atoms with Crippen molar-refractivity contribution in [3.8, 4) is 10.4 Å². The summed E-state index contributed by atoms with van der Waals surface area (Å²) in [6, 6.07) is 21.8. The maximum Gasteiger partial charge on any atom is 0.0837 e. The number of aromatic nitrogens is 2. The van der Waals surface area contributed by atoms with Crippen molar-refractivity contribution < 1.29 is 0 Å². The molecule has 2 aromatic carbocycles. The summed E-state index contributed by atoms with van der Waals surface area (Å²) in [5.41, 5.74) is 6.95. The van der Waals surface area contributed by atoms with E-state index in [1.807, 2.05) is 19.4 Å². The normalized spacial score (nSPS) is 11.6. The van der Waals surface area contributed by atoms with E-state index in [9.17, 15) is 0 Å². The Morgan fingerprint density at radius 3 is 2.67 bits per heavy atom. The number of hydrogen-bond donors (Lipinski definition) is 3. The zero-order chi connectivity index (χ0) is 24.7. The molecule has 0 atom stereocenters. The third kappa shape index (κ3) is 5.95. The highest BCUT2D eigenvalue weighted by Gasteiger charge is 2.10. The van der Waals surface area contributed by atoms with Gasteiger partial charge in [0.25, 0.3) is 0 Å². The number of nitrogens with zero attached hydrogens (tertiary/aromatic N) is 2. The molecule has 0 aliphatic rings. The number of H-pyrrole nitrogens is 1. The van der Waals surface area contributed by atoms with Crippen LogP contribution in [0.15, 0.2) is 73.1 Å². The van der Waals surface area contributed by atoms with Crippen molar-refractivity contribution in [1.29, 1.82) is 0 Å². The molecule has 0 saturated carbocycles. The molecule has 0 bridgehead atoms. The Labute approximate surface area is 217 Å². The van der Waals surface area contributed by atoms with Gasteiger partial charge in [-0.1, -0.05) is 37.1 Å². The molecule has 3 N–H and O–H groups in total. The Hall–Kier alpha value is -3.19. The smallest absolute Gasteiger partial charge is 0.0837 e. The molecule has 0 unspecified atom stereocenters. The van der Waals surface area contributed by atoms with Gasteiger partial charge in [0.15, 0.2) is 0 Å². The first kappa shape index (κ1) is 24.5. The Morgan fingerprint density at radius 2 is 1.81 bits per heavy atom. The number of rotatable bonds is 12. The van der Waals surface area contributed by atoms with Crippen LogP contribution in [0.25, 0.3) is 31.6 Å². The van der Waals surface area contributed by atoms with Gasteiger partial charge in [-0.05, 0) is 87.6 Å². The number of pyridine rings is 1. The van der Waals surface area contributed by atoms with Crippen LogP contribution in [-0.4, -0.2) is 42.1 Å². The third-order valence-electron chi connectivity index (χ3n) is 6.65. The molecule has 5 nitrogen and oxygen atoms in total. The van der Waals surface area contributed by atoms with Crippen LogP contribution in [0.3, 0.4) is 0 Å². The summed E-state index contributed by atoms with van der Waals surface area (Å²) in [6.45, 7) is 3.26. The zero-order valence-corrected chi connectivity index (χ0v) is 22.0. The van der Waals surface area contributed by atoms with Crippen LogP contribution in [-0.2, 0) is 6.54 Å². The average Bonchev–Trinajstić information content (AvgIpc) is 3.54. The van der Waals surface area contributed by atoms with E-state index in [2.05, 4.69) is 93.2 Å². The maximum atomic E-state index is 4.64. The quantitative estimate of drug-likeness (QED) is 0.157. The summed E-state index contributed by atoms with van der Waals surface area (Å²) in [4.78, 5) is 11.6. The molecule has 0 spiro atoms. The molecular weight excluding hydrogens is 462 g/mol. The van der Waals surface area contributed by atoms with E-state index in [1.165, 1.54) is 51.8 Å². The molecule has 0 fully saturated rings. The minimum atomic E-state index is 0.990. The summed E-state index contributed by atoms with van der Waals surface area (Å²) in [5, 5.41) is 8.03. The van der Waals surface area contributed by atoms with E-state index in [4.69, 9.17) is 0 Å². The molecule has 3 aromatic heterocycles. The predicted octanol–water partition coefficient (Wildman–Crippen LogP) is 7.40. The minimum absolute atomic E-state index is 0.990. The second kappa shape index (κ2) is 11.7. The van der Waals surface area contributed by atoms with Gasteiger partial charge >= 0.3 is 0 Å².